The molecule has 2 heterocycles. The van der Waals surface area contributed by atoms with Crippen LogP contribution in [0.4, 0.5) is 20.6 Å². The number of hydrogen-bond acceptors (Lipinski definition) is 5. The second-order valence-electron chi connectivity index (χ2n) is 6.86. The van der Waals surface area contributed by atoms with Crippen LogP contribution in [0.3, 0.4) is 0 Å². The molecule has 136 valence electrons. The van der Waals surface area contributed by atoms with E-state index in [9.17, 15) is 14.3 Å². The Hall–Kier alpha value is -2.80. The number of carbonyl (C=O) groups is 1. The number of phenolic OH excluding ortho intramolecular Hbond substituents is 1. The molecule has 1 amide bonds. The minimum absolute atomic E-state index is 0.0217. The average molecular weight is 358 g/mol. The summed E-state index contributed by atoms with van der Waals surface area (Å²) in [6.07, 6.45) is -0.758. The SMILES string of the molecule is O=C(Nc1cc(F)c(N2CC3(COC3)C2)cc1O)OCc1ccccc1. The number of benzene rings is 2. The van der Waals surface area contributed by atoms with Crippen molar-refractivity contribution >= 4 is 17.5 Å². The molecule has 2 aliphatic rings. The number of carbonyl (C=O) groups excluding carboxylic acids is 1. The van der Waals surface area contributed by atoms with Gasteiger partial charge in [-0.3, -0.25) is 5.32 Å². The van der Waals surface area contributed by atoms with Gasteiger partial charge in [-0.05, 0) is 5.56 Å². The van der Waals surface area contributed by atoms with Crippen LogP contribution >= 0.6 is 0 Å². The Morgan fingerprint density at radius 3 is 2.65 bits per heavy atom. The molecule has 2 N–H and O–H groups in total. The van der Waals surface area contributed by atoms with E-state index >= 15 is 0 Å². The molecule has 7 heteroatoms. The molecule has 2 aromatic carbocycles. The molecule has 26 heavy (non-hydrogen) atoms. The molecular weight excluding hydrogens is 339 g/mol. The maximum Gasteiger partial charge on any atom is 0.412 e. The van der Waals surface area contributed by atoms with Gasteiger partial charge in [0, 0.05) is 25.2 Å². The molecule has 2 aromatic rings. The van der Waals surface area contributed by atoms with Crippen LogP contribution in [-0.4, -0.2) is 37.5 Å². The first-order valence-corrected chi connectivity index (χ1v) is 8.38. The van der Waals surface area contributed by atoms with E-state index < -0.39 is 11.9 Å². The lowest BCUT2D eigenvalue weighted by Gasteiger charge is -2.56. The van der Waals surface area contributed by atoms with E-state index in [0.717, 1.165) is 11.6 Å². The number of aromatic hydroxyl groups is 1. The molecule has 0 aliphatic carbocycles. The third kappa shape index (κ3) is 3.17. The summed E-state index contributed by atoms with van der Waals surface area (Å²) in [6, 6.07) is 11.6. The summed E-state index contributed by atoms with van der Waals surface area (Å²) in [7, 11) is 0. The first-order chi connectivity index (χ1) is 12.5. The predicted molar refractivity (Wildman–Crippen MR) is 93.8 cm³/mol. The average Bonchev–Trinajstić information content (AvgIpc) is 2.55. The fraction of sp³-hybridized carbons (Fsp3) is 0.316. The van der Waals surface area contributed by atoms with Crippen molar-refractivity contribution in [1.82, 2.24) is 0 Å². The highest BCUT2D eigenvalue weighted by molar-refractivity contribution is 5.87. The number of amides is 1. The van der Waals surface area contributed by atoms with Gasteiger partial charge in [0.25, 0.3) is 0 Å². The number of phenols is 1. The van der Waals surface area contributed by atoms with Crippen molar-refractivity contribution in [3.8, 4) is 5.75 Å². The number of hydrogen-bond donors (Lipinski definition) is 2. The zero-order chi connectivity index (χ0) is 18.1. The van der Waals surface area contributed by atoms with Crippen LogP contribution in [0, 0.1) is 11.2 Å². The minimum Gasteiger partial charge on any atom is -0.506 e. The monoisotopic (exact) mass is 358 g/mol. The Labute approximate surface area is 150 Å². The lowest BCUT2D eigenvalue weighted by Crippen LogP contribution is -2.66. The largest absolute Gasteiger partial charge is 0.506 e. The number of anilines is 2. The summed E-state index contributed by atoms with van der Waals surface area (Å²) in [5.74, 6) is -0.708. The molecule has 2 saturated heterocycles. The van der Waals surface area contributed by atoms with E-state index in [4.69, 9.17) is 9.47 Å². The fourth-order valence-corrected chi connectivity index (χ4v) is 3.27. The molecule has 6 nitrogen and oxygen atoms in total. The van der Waals surface area contributed by atoms with E-state index in [1.807, 2.05) is 35.2 Å². The molecular formula is C19H19FN2O4. The molecule has 0 atom stereocenters. The van der Waals surface area contributed by atoms with Crippen molar-refractivity contribution in [2.24, 2.45) is 5.41 Å². The van der Waals surface area contributed by atoms with Crippen molar-refractivity contribution in [2.45, 2.75) is 6.61 Å². The number of halogens is 1. The molecule has 4 rings (SSSR count). The molecule has 2 fully saturated rings. The Bertz CT molecular complexity index is 816. The summed E-state index contributed by atoms with van der Waals surface area (Å²) in [5.41, 5.74) is 1.27. The van der Waals surface area contributed by atoms with E-state index in [-0.39, 0.29) is 23.5 Å². The highest BCUT2D eigenvalue weighted by atomic mass is 19.1. The molecule has 0 radical (unpaired) electrons. The fourth-order valence-electron chi connectivity index (χ4n) is 3.27. The summed E-state index contributed by atoms with van der Waals surface area (Å²) in [5, 5.41) is 12.5. The molecule has 0 saturated carbocycles. The third-order valence-corrected chi connectivity index (χ3v) is 4.72. The van der Waals surface area contributed by atoms with Crippen LogP contribution in [0.15, 0.2) is 42.5 Å². The highest BCUT2D eigenvalue weighted by Gasteiger charge is 2.49. The van der Waals surface area contributed by atoms with Crippen LogP contribution in [0.2, 0.25) is 0 Å². The summed E-state index contributed by atoms with van der Waals surface area (Å²) in [4.78, 5) is 13.7. The van der Waals surface area contributed by atoms with Gasteiger partial charge in [0.05, 0.1) is 30.0 Å². The van der Waals surface area contributed by atoms with Gasteiger partial charge in [-0.2, -0.15) is 0 Å². The first-order valence-electron chi connectivity index (χ1n) is 8.38. The van der Waals surface area contributed by atoms with Gasteiger partial charge in [-0.25, -0.2) is 9.18 Å². The van der Waals surface area contributed by atoms with Crippen LogP contribution in [-0.2, 0) is 16.1 Å². The first kappa shape index (κ1) is 16.7. The topological polar surface area (TPSA) is 71.0 Å². The quantitative estimate of drug-likeness (QED) is 0.822. The van der Waals surface area contributed by atoms with Crippen LogP contribution in [0.5, 0.6) is 5.75 Å². The maximum absolute atomic E-state index is 14.4. The van der Waals surface area contributed by atoms with Crippen LogP contribution < -0.4 is 10.2 Å². The zero-order valence-corrected chi connectivity index (χ0v) is 14.1. The molecule has 0 aromatic heterocycles. The van der Waals surface area contributed by atoms with E-state index in [1.165, 1.54) is 6.07 Å². The molecule has 0 unspecified atom stereocenters. The van der Waals surface area contributed by atoms with Gasteiger partial charge in [0.15, 0.2) is 0 Å². The second-order valence-corrected chi connectivity index (χ2v) is 6.86. The lowest BCUT2D eigenvalue weighted by atomic mass is 9.77. The van der Waals surface area contributed by atoms with Crippen molar-refractivity contribution in [3.63, 3.8) is 0 Å². The van der Waals surface area contributed by atoms with Crippen molar-refractivity contribution < 1.29 is 23.8 Å². The lowest BCUT2D eigenvalue weighted by molar-refractivity contribution is -0.127. The van der Waals surface area contributed by atoms with E-state index in [2.05, 4.69) is 5.32 Å². The Morgan fingerprint density at radius 2 is 2.00 bits per heavy atom. The standard InChI is InChI=1S/C19H19FN2O4/c20-14-6-15(21-18(24)26-8-13-4-2-1-3-5-13)17(23)7-16(14)22-9-19(10-22)11-25-12-19/h1-7,23H,8-12H2,(H,21,24). The summed E-state index contributed by atoms with van der Waals surface area (Å²) >= 11 is 0. The normalized spacial score (nSPS) is 17.3. The van der Waals surface area contributed by atoms with Gasteiger partial charge in [0.2, 0.25) is 0 Å². The summed E-state index contributed by atoms with van der Waals surface area (Å²) < 4.78 is 24.7. The molecule has 1 spiro atoms. The maximum atomic E-state index is 14.4. The number of nitrogens with one attached hydrogen (secondary N) is 1. The van der Waals surface area contributed by atoms with E-state index in [1.54, 1.807) is 0 Å². The Morgan fingerprint density at radius 1 is 1.27 bits per heavy atom. The van der Waals surface area contributed by atoms with Crippen molar-refractivity contribution in [1.29, 1.82) is 0 Å². The van der Waals surface area contributed by atoms with Crippen molar-refractivity contribution in [2.75, 3.05) is 36.5 Å². The Kier molecular flexibility index (Phi) is 4.16. The van der Waals surface area contributed by atoms with Gasteiger partial charge in [-0.15, -0.1) is 0 Å². The van der Waals surface area contributed by atoms with Crippen LogP contribution in [0.1, 0.15) is 5.56 Å². The van der Waals surface area contributed by atoms with Gasteiger partial charge in [-0.1, -0.05) is 30.3 Å². The number of ether oxygens (including phenoxy) is 2. The molecule has 2 aliphatic heterocycles. The number of nitrogens with zero attached hydrogens (tertiary/aromatic N) is 1. The third-order valence-electron chi connectivity index (χ3n) is 4.72. The van der Waals surface area contributed by atoms with Gasteiger partial charge in [0.1, 0.15) is 18.2 Å². The second kappa shape index (κ2) is 6.49. The smallest absolute Gasteiger partial charge is 0.412 e. The minimum atomic E-state index is -0.758. The zero-order valence-electron chi connectivity index (χ0n) is 14.1. The van der Waals surface area contributed by atoms with Gasteiger partial charge >= 0.3 is 6.09 Å². The van der Waals surface area contributed by atoms with Crippen molar-refractivity contribution in [3.05, 3.63) is 53.8 Å². The predicted octanol–water partition coefficient (Wildman–Crippen LogP) is 3.12. The highest BCUT2D eigenvalue weighted by Crippen LogP contribution is 2.42. The number of rotatable bonds is 4. The molecule has 0 bridgehead atoms. The van der Waals surface area contributed by atoms with E-state index in [0.29, 0.717) is 32.0 Å². The van der Waals surface area contributed by atoms with Crippen LogP contribution in [0.25, 0.3) is 0 Å². The van der Waals surface area contributed by atoms with Gasteiger partial charge < -0.3 is 19.5 Å². The summed E-state index contributed by atoms with van der Waals surface area (Å²) in [6.45, 7) is 2.89. The Balaban J connectivity index is 1.37.